The van der Waals surface area contributed by atoms with Gasteiger partial charge in [-0.25, -0.2) is 4.98 Å². The highest BCUT2D eigenvalue weighted by molar-refractivity contribution is 5.97. The first-order chi connectivity index (χ1) is 18.2. The molecular weight excluding hydrogens is 458 g/mol. The summed E-state index contributed by atoms with van der Waals surface area (Å²) in [5.41, 5.74) is 13.7. The van der Waals surface area contributed by atoms with Crippen molar-refractivity contribution in [1.82, 2.24) is 24.5 Å². The van der Waals surface area contributed by atoms with Gasteiger partial charge in [-0.3, -0.25) is 15.0 Å². The van der Waals surface area contributed by atoms with Gasteiger partial charge in [-0.15, -0.1) is 0 Å². The Hall–Kier alpha value is -4.78. The van der Waals surface area contributed by atoms with Gasteiger partial charge in [-0.2, -0.15) is 0 Å². The second-order valence-corrected chi connectivity index (χ2v) is 8.53. The molecule has 4 aromatic heterocycles. The molecule has 0 bridgehead atoms. The first kappa shape index (κ1) is 23.9. The van der Waals surface area contributed by atoms with Gasteiger partial charge in [-0.05, 0) is 58.5 Å². The molecule has 1 atom stereocenters. The summed E-state index contributed by atoms with van der Waals surface area (Å²) in [5, 5.41) is 4.89. The quantitative estimate of drug-likeness (QED) is 0.293. The number of aryl methyl sites for hydroxylation is 1. The summed E-state index contributed by atoms with van der Waals surface area (Å²) in [7, 11) is 2.06. The number of benzene rings is 2. The Morgan fingerprint density at radius 3 is 2.46 bits per heavy atom. The number of pyridine rings is 2. The predicted molar refractivity (Wildman–Crippen MR) is 151 cm³/mol. The molecule has 0 radical (unpaired) electrons. The number of anilines is 2. The molecule has 184 valence electrons. The van der Waals surface area contributed by atoms with E-state index in [1.807, 2.05) is 50.4 Å². The largest absolute Gasteiger partial charge is 0.384 e. The normalized spacial score (nSPS) is 11.6. The van der Waals surface area contributed by atoms with Gasteiger partial charge >= 0.3 is 0 Å². The summed E-state index contributed by atoms with van der Waals surface area (Å²) in [6.45, 7) is 4.00. The zero-order valence-corrected chi connectivity index (χ0v) is 21.1. The van der Waals surface area contributed by atoms with Gasteiger partial charge in [0.05, 0.1) is 17.1 Å². The van der Waals surface area contributed by atoms with E-state index < -0.39 is 0 Å². The molecule has 0 saturated heterocycles. The number of nitrogens with zero attached hydrogens (tertiary/aromatic N) is 5. The second-order valence-electron chi connectivity index (χ2n) is 8.53. The monoisotopic (exact) mass is 487 g/mol. The van der Waals surface area contributed by atoms with Crippen LogP contribution >= 0.6 is 0 Å². The minimum absolute atomic E-state index is 0.172. The van der Waals surface area contributed by atoms with Crippen molar-refractivity contribution < 1.29 is 0 Å². The predicted octanol–water partition coefficient (Wildman–Crippen LogP) is 6.39. The molecule has 2 aromatic carbocycles. The molecule has 0 spiro atoms. The molecule has 4 heterocycles. The van der Waals surface area contributed by atoms with Crippen molar-refractivity contribution in [2.75, 3.05) is 11.1 Å². The van der Waals surface area contributed by atoms with Gasteiger partial charge in [0.15, 0.2) is 0 Å². The number of fused-ring (bicyclic) bond motifs is 2. The van der Waals surface area contributed by atoms with E-state index in [4.69, 9.17) is 5.73 Å². The van der Waals surface area contributed by atoms with E-state index >= 15 is 0 Å². The highest BCUT2D eigenvalue weighted by atomic mass is 14.9. The maximum Gasteiger partial charge on any atom is 0.123 e. The molecular formula is C30H29N7. The van der Waals surface area contributed by atoms with Gasteiger partial charge < -0.3 is 15.6 Å². The van der Waals surface area contributed by atoms with E-state index in [0.29, 0.717) is 5.82 Å². The molecule has 6 aromatic rings. The standard InChI is InChI=1S/C28H23N7.C2H6/c1-35-12-8-18-4-5-19(13-25(18)35)23-14-22(15-24-28(23)32-11-10-31-24)34-27(20-3-2-9-30-16-20)21-6-7-26(29)33-17-21;1-2/h2-17,27,34H,1H3,(H2,29,33);1-2H3. The Kier molecular flexibility index (Phi) is 6.76. The van der Waals surface area contributed by atoms with Crippen molar-refractivity contribution in [3.63, 3.8) is 0 Å². The van der Waals surface area contributed by atoms with Crippen LogP contribution in [0.3, 0.4) is 0 Å². The summed E-state index contributed by atoms with van der Waals surface area (Å²) >= 11 is 0. The van der Waals surface area contributed by atoms with Crippen LogP contribution in [0.2, 0.25) is 0 Å². The second kappa shape index (κ2) is 10.5. The fourth-order valence-corrected chi connectivity index (χ4v) is 4.47. The molecule has 6 rings (SSSR count). The third kappa shape index (κ3) is 4.84. The zero-order chi connectivity index (χ0) is 25.8. The van der Waals surface area contributed by atoms with E-state index in [9.17, 15) is 0 Å². The molecule has 7 nitrogen and oxygen atoms in total. The van der Waals surface area contributed by atoms with Crippen LogP contribution in [0.4, 0.5) is 11.5 Å². The Balaban J connectivity index is 0.00000137. The first-order valence-corrected chi connectivity index (χ1v) is 12.3. The number of hydrogen-bond donors (Lipinski definition) is 2. The van der Waals surface area contributed by atoms with Crippen molar-refractivity contribution in [2.24, 2.45) is 7.05 Å². The highest BCUT2D eigenvalue weighted by Gasteiger charge is 2.17. The summed E-state index contributed by atoms with van der Waals surface area (Å²) in [4.78, 5) is 17.9. The van der Waals surface area contributed by atoms with Gasteiger partial charge in [-0.1, -0.05) is 38.1 Å². The Labute approximate surface area is 216 Å². The van der Waals surface area contributed by atoms with E-state index in [-0.39, 0.29) is 6.04 Å². The average molecular weight is 488 g/mol. The minimum atomic E-state index is -0.172. The number of aromatic nitrogens is 5. The first-order valence-electron chi connectivity index (χ1n) is 12.3. The number of nitrogens with one attached hydrogen (secondary N) is 1. The number of nitrogens with two attached hydrogens (primary N) is 1. The number of hydrogen-bond acceptors (Lipinski definition) is 6. The molecule has 0 amide bonds. The molecule has 3 N–H and O–H groups in total. The van der Waals surface area contributed by atoms with Crippen molar-refractivity contribution >= 4 is 33.4 Å². The van der Waals surface area contributed by atoms with Crippen LogP contribution in [0.25, 0.3) is 33.1 Å². The van der Waals surface area contributed by atoms with Gasteiger partial charge in [0, 0.05) is 61.0 Å². The van der Waals surface area contributed by atoms with Crippen molar-refractivity contribution in [2.45, 2.75) is 19.9 Å². The van der Waals surface area contributed by atoms with Crippen molar-refractivity contribution in [3.05, 3.63) is 109 Å². The van der Waals surface area contributed by atoms with Crippen molar-refractivity contribution in [1.29, 1.82) is 0 Å². The smallest absolute Gasteiger partial charge is 0.123 e. The van der Waals surface area contributed by atoms with Crippen LogP contribution in [-0.2, 0) is 7.05 Å². The third-order valence-electron chi connectivity index (χ3n) is 6.24. The average Bonchev–Trinajstić information content (AvgIpc) is 3.33. The lowest BCUT2D eigenvalue weighted by Gasteiger charge is -2.21. The summed E-state index contributed by atoms with van der Waals surface area (Å²) in [5.74, 6) is 0.484. The van der Waals surface area contributed by atoms with Crippen molar-refractivity contribution in [3.8, 4) is 11.1 Å². The third-order valence-corrected chi connectivity index (χ3v) is 6.24. The van der Waals surface area contributed by atoms with Crippen LogP contribution < -0.4 is 11.1 Å². The molecule has 0 aliphatic rings. The summed E-state index contributed by atoms with van der Waals surface area (Å²) < 4.78 is 2.13. The SMILES string of the molecule is CC.Cn1ccc2ccc(-c3cc(NC(c4cccnc4)c4ccc(N)nc4)cc4nccnc34)cc21. The molecule has 0 aliphatic heterocycles. The number of nitrogen functional groups attached to an aromatic ring is 1. The molecule has 37 heavy (non-hydrogen) atoms. The highest BCUT2D eigenvalue weighted by Crippen LogP contribution is 2.34. The molecule has 7 heteroatoms. The van der Waals surface area contributed by atoms with E-state index in [0.717, 1.165) is 39.0 Å². The van der Waals surface area contributed by atoms with Crippen LogP contribution in [0, 0.1) is 0 Å². The van der Waals surface area contributed by atoms with Crippen LogP contribution in [0.1, 0.15) is 31.0 Å². The lowest BCUT2D eigenvalue weighted by Crippen LogP contribution is -2.13. The van der Waals surface area contributed by atoms with Crippen LogP contribution in [0.5, 0.6) is 0 Å². The maximum atomic E-state index is 5.85. The lowest BCUT2D eigenvalue weighted by molar-refractivity contribution is 0.919. The Morgan fingerprint density at radius 1 is 0.838 bits per heavy atom. The van der Waals surface area contributed by atoms with Gasteiger partial charge in [0.25, 0.3) is 0 Å². The molecule has 0 fully saturated rings. The summed E-state index contributed by atoms with van der Waals surface area (Å²) in [6.07, 6.45) is 11.0. The molecule has 0 saturated carbocycles. The Morgan fingerprint density at radius 2 is 1.68 bits per heavy atom. The zero-order valence-electron chi connectivity index (χ0n) is 21.1. The van der Waals surface area contributed by atoms with Gasteiger partial charge in [0.1, 0.15) is 5.82 Å². The van der Waals surface area contributed by atoms with Crippen LogP contribution in [-0.4, -0.2) is 24.5 Å². The maximum absolute atomic E-state index is 5.85. The van der Waals surface area contributed by atoms with E-state index in [2.05, 4.69) is 73.4 Å². The lowest BCUT2D eigenvalue weighted by atomic mass is 9.99. The van der Waals surface area contributed by atoms with E-state index in [1.54, 1.807) is 24.8 Å². The van der Waals surface area contributed by atoms with Gasteiger partial charge in [0.2, 0.25) is 0 Å². The molecule has 0 aliphatic carbocycles. The summed E-state index contributed by atoms with van der Waals surface area (Å²) in [6, 6.07) is 20.4. The fraction of sp³-hybridized carbons (Fsp3) is 0.133. The topological polar surface area (TPSA) is 94.5 Å². The van der Waals surface area contributed by atoms with Crippen LogP contribution in [0.15, 0.2) is 97.8 Å². The van der Waals surface area contributed by atoms with E-state index in [1.165, 1.54) is 10.9 Å². The molecule has 1 unspecified atom stereocenters. The Bertz CT molecular complexity index is 1640. The minimum Gasteiger partial charge on any atom is -0.384 e. The fourth-order valence-electron chi connectivity index (χ4n) is 4.47. The number of rotatable bonds is 5.